The van der Waals surface area contributed by atoms with Crippen LogP contribution in [0.3, 0.4) is 0 Å². The molecule has 2 aromatic rings. The Hall–Kier alpha value is -1.34. The van der Waals surface area contributed by atoms with Gasteiger partial charge in [-0.3, -0.25) is 4.79 Å². The lowest BCUT2D eigenvalue weighted by Gasteiger charge is -2.33. The van der Waals surface area contributed by atoms with E-state index in [1.807, 2.05) is 34.9 Å². The molecule has 1 atom stereocenters. The summed E-state index contributed by atoms with van der Waals surface area (Å²) in [4.78, 5) is 12.6. The van der Waals surface area contributed by atoms with Crippen LogP contribution in [0.5, 0.6) is 5.75 Å². The Balaban J connectivity index is 1.95. The first-order chi connectivity index (χ1) is 13.9. The molecule has 0 saturated carbocycles. The lowest BCUT2D eigenvalue weighted by atomic mass is 10.2. The molecule has 1 fully saturated rings. The maximum Gasteiger partial charge on any atom is 0.255 e. The fraction of sp³-hybridized carbons (Fsp3) is 0.316. The van der Waals surface area contributed by atoms with Gasteiger partial charge in [0.25, 0.3) is 5.91 Å². The van der Waals surface area contributed by atoms with Crippen LogP contribution in [0.4, 0.5) is 5.69 Å². The van der Waals surface area contributed by atoms with Crippen LogP contribution in [0.25, 0.3) is 0 Å². The van der Waals surface area contributed by atoms with Gasteiger partial charge in [-0.25, -0.2) is 8.42 Å². The highest BCUT2D eigenvalue weighted by molar-refractivity contribution is 14.1. The fourth-order valence-corrected chi connectivity index (χ4v) is 7.17. The van der Waals surface area contributed by atoms with E-state index in [1.54, 1.807) is 30.3 Å². The normalized spacial score (nSPS) is 17.7. The molecule has 29 heavy (non-hydrogen) atoms. The number of methoxy groups -OCH3 is 1. The summed E-state index contributed by atoms with van der Waals surface area (Å²) in [6.45, 7) is 0.993. The van der Waals surface area contributed by atoms with Gasteiger partial charge >= 0.3 is 0 Å². The molecular formula is C19H21IN2O5S2. The Morgan fingerprint density at radius 1 is 1.28 bits per heavy atom. The van der Waals surface area contributed by atoms with Crippen molar-refractivity contribution in [3.05, 3.63) is 51.6 Å². The Morgan fingerprint density at radius 3 is 2.66 bits per heavy atom. The monoisotopic (exact) mass is 548 g/mol. The van der Waals surface area contributed by atoms with Crippen LogP contribution in [0.15, 0.2) is 47.4 Å². The molecule has 1 aliphatic heterocycles. The maximum absolute atomic E-state index is 13.3. The predicted molar refractivity (Wildman–Crippen MR) is 122 cm³/mol. The third kappa shape index (κ3) is 4.71. The van der Waals surface area contributed by atoms with Gasteiger partial charge < -0.3 is 14.8 Å². The largest absolute Gasteiger partial charge is 0.493 e. The zero-order chi connectivity index (χ0) is 21.0. The van der Waals surface area contributed by atoms with Crippen LogP contribution < -0.4 is 10.1 Å². The van der Waals surface area contributed by atoms with Gasteiger partial charge in [0.1, 0.15) is 0 Å². The molecule has 2 aromatic carbocycles. The van der Waals surface area contributed by atoms with Crippen molar-refractivity contribution in [2.75, 3.05) is 38.4 Å². The van der Waals surface area contributed by atoms with Gasteiger partial charge in [-0.1, -0.05) is 18.2 Å². The Labute approximate surface area is 188 Å². The number of nitrogens with zero attached hydrogens (tertiary/aromatic N) is 1. The second-order valence-corrected chi connectivity index (χ2v) is 10.1. The number of amides is 1. The molecule has 0 aliphatic carbocycles. The number of ether oxygens (including phenoxy) is 2. The molecule has 156 valence electrons. The number of morpholine rings is 1. The molecular weight excluding hydrogens is 527 g/mol. The van der Waals surface area contributed by atoms with E-state index in [4.69, 9.17) is 9.47 Å². The zero-order valence-corrected chi connectivity index (χ0v) is 19.7. The highest BCUT2D eigenvalue weighted by Crippen LogP contribution is 2.37. The highest BCUT2D eigenvalue weighted by atomic mass is 127. The molecule has 1 saturated heterocycles. The standard InChI is InChI=1S/C19H21IN2O5S2/c1-26-18-14(21-19(23)13-6-4-3-5-7-13)8-9-15(17(18)20)29(24,25)22-10-11-27-12-16(22)28-2/h3-9,16H,10-12H2,1-2H3,(H,21,23). The topological polar surface area (TPSA) is 84.9 Å². The molecule has 1 N–H and O–H groups in total. The summed E-state index contributed by atoms with van der Waals surface area (Å²) in [7, 11) is -2.30. The van der Waals surface area contributed by atoms with Gasteiger partial charge in [-0.15, -0.1) is 11.8 Å². The first kappa shape index (κ1) is 22.3. The minimum atomic E-state index is -3.75. The van der Waals surface area contributed by atoms with Gasteiger partial charge in [-0.2, -0.15) is 4.31 Å². The first-order valence-electron chi connectivity index (χ1n) is 8.75. The van der Waals surface area contributed by atoms with Crippen molar-refractivity contribution in [2.45, 2.75) is 10.3 Å². The number of hydrogen-bond donors (Lipinski definition) is 1. The summed E-state index contributed by atoms with van der Waals surface area (Å²) >= 11 is 3.38. The first-order valence-corrected chi connectivity index (χ1v) is 12.6. The van der Waals surface area contributed by atoms with Crippen molar-refractivity contribution in [2.24, 2.45) is 0 Å². The number of nitrogens with one attached hydrogen (secondary N) is 1. The molecule has 1 aliphatic rings. The van der Waals surface area contributed by atoms with Crippen molar-refractivity contribution >= 4 is 56.0 Å². The van der Waals surface area contributed by atoms with Crippen molar-refractivity contribution in [3.8, 4) is 5.75 Å². The molecule has 0 spiro atoms. The Morgan fingerprint density at radius 2 is 2.00 bits per heavy atom. The quantitative estimate of drug-likeness (QED) is 0.559. The average Bonchev–Trinajstić information content (AvgIpc) is 2.74. The molecule has 0 bridgehead atoms. The minimum absolute atomic E-state index is 0.147. The number of sulfonamides is 1. The second kappa shape index (κ2) is 9.65. The summed E-state index contributed by atoms with van der Waals surface area (Å²) in [5.74, 6) is 0.0100. The van der Waals surface area contributed by atoms with Crippen molar-refractivity contribution < 1.29 is 22.7 Å². The number of carbonyl (C=O) groups is 1. The van der Waals surface area contributed by atoms with Crippen LogP contribution in [0.1, 0.15) is 10.4 Å². The van der Waals surface area contributed by atoms with E-state index in [2.05, 4.69) is 5.32 Å². The van der Waals surface area contributed by atoms with Crippen LogP contribution in [-0.2, 0) is 14.8 Å². The Kier molecular flexibility index (Phi) is 7.43. The van der Waals surface area contributed by atoms with Crippen LogP contribution >= 0.6 is 34.4 Å². The van der Waals surface area contributed by atoms with E-state index < -0.39 is 10.0 Å². The molecule has 0 radical (unpaired) electrons. The SMILES string of the molecule is COc1c(NC(=O)c2ccccc2)ccc(S(=O)(=O)N2CCOCC2SC)c1I. The summed E-state index contributed by atoms with van der Waals surface area (Å²) in [6, 6.07) is 11.8. The third-order valence-corrected chi connectivity index (χ3v) is 8.90. The molecule has 0 aromatic heterocycles. The Bertz CT molecular complexity index is 986. The van der Waals surface area contributed by atoms with E-state index in [0.29, 0.717) is 40.3 Å². The number of anilines is 1. The summed E-state index contributed by atoms with van der Waals surface area (Å²) in [5, 5.41) is 2.51. The molecule has 1 heterocycles. The fourth-order valence-electron chi connectivity index (χ4n) is 2.97. The molecule has 10 heteroatoms. The lowest BCUT2D eigenvalue weighted by Crippen LogP contribution is -2.46. The number of carbonyl (C=O) groups excluding carboxylic acids is 1. The number of thioether (sulfide) groups is 1. The molecule has 7 nitrogen and oxygen atoms in total. The van der Waals surface area contributed by atoms with E-state index >= 15 is 0 Å². The van der Waals surface area contributed by atoms with Gasteiger partial charge in [0, 0.05) is 12.1 Å². The molecule has 1 amide bonds. The van der Waals surface area contributed by atoms with Crippen molar-refractivity contribution in [1.29, 1.82) is 0 Å². The lowest BCUT2D eigenvalue weighted by molar-refractivity contribution is 0.0618. The van der Waals surface area contributed by atoms with Gasteiger partial charge in [-0.05, 0) is 53.1 Å². The van der Waals surface area contributed by atoms with Crippen molar-refractivity contribution in [1.82, 2.24) is 4.31 Å². The minimum Gasteiger partial charge on any atom is -0.493 e. The average molecular weight is 548 g/mol. The third-order valence-electron chi connectivity index (χ3n) is 4.45. The van der Waals surface area contributed by atoms with E-state index in [1.165, 1.54) is 29.2 Å². The number of halogens is 1. The second-order valence-electron chi connectivity index (χ2n) is 6.16. The number of rotatable bonds is 6. The van der Waals surface area contributed by atoms with Crippen LogP contribution in [0, 0.1) is 3.57 Å². The summed E-state index contributed by atoms with van der Waals surface area (Å²) in [5.41, 5.74) is 0.908. The number of hydrogen-bond acceptors (Lipinski definition) is 6. The highest BCUT2D eigenvalue weighted by Gasteiger charge is 2.36. The maximum atomic E-state index is 13.3. The predicted octanol–water partition coefficient (Wildman–Crippen LogP) is 3.26. The van der Waals surface area contributed by atoms with Crippen LogP contribution in [-0.4, -0.2) is 57.1 Å². The number of benzene rings is 2. The van der Waals surface area contributed by atoms with Crippen molar-refractivity contribution in [3.63, 3.8) is 0 Å². The van der Waals surface area contributed by atoms with Crippen LogP contribution in [0.2, 0.25) is 0 Å². The zero-order valence-electron chi connectivity index (χ0n) is 15.9. The summed E-state index contributed by atoms with van der Waals surface area (Å²) in [6.07, 6.45) is 1.86. The van der Waals surface area contributed by atoms with E-state index in [0.717, 1.165) is 0 Å². The molecule has 1 unspecified atom stereocenters. The van der Waals surface area contributed by atoms with Gasteiger partial charge in [0.05, 0.1) is 39.9 Å². The summed E-state index contributed by atoms with van der Waals surface area (Å²) < 4.78 is 39.4. The van der Waals surface area contributed by atoms with E-state index in [-0.39, 0.29) is 16.2 Å². The molecule has 3 rings (SSSR count). The van der Waals surface area contributed by atoms with Gasteiger partial charge in [0.15, 0.2) is 5.75 Å². The van der Waals surface area contributed by atoms with E-state index in [9.17, 15) is 13.2 Å². The van der Waals surface area contributed by atoms with Gasteiger partial charge in [0.2, 0.25) is 10.0 Å². The smallest absolute Gasteiger partial charge is 0.255 e.